The first kappa shape index (κ1) is 33.3. The number of aliphatic hydroxyl groups is 1. The topological polar surface area (TPSA) is 32.7 Å². The van der Waals surface area contributed by atoms with Crippen molar-refractivity contribution in [3.05, 3.63) is 106 Å². The number of halogens is 7. The Morgan fingerprint density at radius 3 is 1.80 bits per heavy atom. The fourth-order valence-corrected chi connectivity index (χ4v) is 4.20. The molecule has 1 aliphatic heterocycles. The van der Waals surface area contributed by atoms with Crippen LogP contribution in [0.5, 0.6) is 0 Å². The molecule has 40 heavy (non-hydrogen) atoms. The standard InChI is InChI=1S/C18H20FNO.C10H8F6O.C2H6/c1-14(15-5-3-2-4-6-15)20-11-12-21-13-18(20)16-7-9-17(19)10-8-16;1-5(17)6-2-7(9(11,12)13)4-8(3-6)10(14,15)16;1-2/h2-10,14,18H,11-13H2,1H3;2-5,17H,1H3;1-2H3/t14-,18+;5-;/m11./s1. The van der Waals surface area contributed by atoms with Crippen molar-refractivity contribution in [3.8, 4) is 0 Å². The largest absolute Gasteiger partial charge is 0.416 e. The lowest BCUT2D eigenvalue weighted by molar-refractivity contribution is -0.143. The van der Waals surface area contributed by atoms with Crippen molar-refractivity contribution in [2.24, 2.45) is 0 Å². The van der Waals surface area contributed by atoms with E-state index in [0.29, 0.717) is 24.8 Å². The van der Waals surface area contributed by atoms with Gasteiger partial charge < -0.3 is 9.84 Å². The Hall–Kier alpha value is -2.95. The van der Waals surface area contributed by atoms with E-state index in [1.807, 2.05) is 32.0 Å². The number of rotatable bonds is 4. The molecule has 0 bridgehead atoms. The average Bonchev–Trinajstić information content (AvgIpc) is 2.94. The zero-order valence-corrected chi connectivity index (χ0v) is 22.7. The van der Waals surface area contributed by atoms with Crippen LogP contribution in [0.2, 0.25) is 0 Å². The van der Waals surface area contributed by atoms with Gasteiger partial charge in [0.2, 0.25) is 0 Å². The molecule has 1 heterocycles. The maximum absolute atomic E-state index is 13.1. The van der Waals surface area contributed by atoms with Crippen LogP contribution in [-0.4, -0.2) is 29.8 Å². The van der Waals surface area contributed by atoms with E-state index in [0.717, 1.165) is 25.6 Å². The molecule has 0 radical (unpaired) electrons. The highest BCUT2D eigenvalue weighted by molar-refractivity contribution is 5.34. The van der Waals surface area contributed by atoms with Crippen LogP contribution in [0.3, 0.4) is 0 Å². The van der Waals surface area contributed by atoms with Crippen molar-refractivity contribution < 1.29 is 40.6 Å². The molecule has 0 amide bonds. The van der Waals surface area contributed by atoms with E-state index in [1.165, 1.54) is 17.7 Å². The highest BCUT2D eigenvalue weighted by Crippen LogP contribution is 2.37. The maximum Gasteiger partial charge on any atom is 0.416 e. The lowest BCUT2D eigenvalue weighted by Gasteiger charge is -2.40. The summed E-state index contributed by atoms with van der Waals surface area (Å²) in [5.41, 5.74) is -0.871. The van der Waals surface area contributed by atoms with E-state index in [1.54, 1.807) is 0 Å². The van der Waals surface area contributed by atoms with Gasteiger partial charge in [-0.15, -0.1) is 0 Å². The van der Waals surface area contributed by atoms with E-state index >= 15 is 0 Å². The van der Waals surface area contributed by atoms with Gasteiger partial charge in [0.05, 0.1) is 36.5 Å². The smallest absolute Gasteiger partial charge is 0.389 e. The second-order valence-corrected chi connectivity index (χ2v) is 8.98. The number of hydrogen-bond donors (Lipinski definition) is 1. The van der Waals surface area contributed by atoms with Crippen molar-refractivity contribution >= 4 is 0 Å². The summed E-state index contributed by atoms with van der Waals surface area (Å²) < 4.78 is 92.9. The van der Waals surface area contributed by atoms with E-state index in [4.69, 9.17) is 9.84 Å². The minimum Gasteiger partial charge on any atom is -0.389 e. The molecule has 3 atom stereocenters. The Morgan fingerprint density at radius 2 is 1.32 bits per heavy atom. The number of ether oxygens (including phenoxy) is 1. The zero-order valence-electron chi connectivity index (χ0n) is 22.7. The second kappa shape index (κ2) is 14.6. The number of benzene rings is 3. The predicted octanol–water partition coefficient (Wildman–Crippen LogP) is 8.76. The third kappa shape index (κ3) is 9.31. The van der Waals surface area contributed by atoms with Gasteiger partial charge in [0.15, 0.2) is 0 Å². The summed E-state index contributed by atoms with van der Waals surface area (Å²) in [6.45, 7) is 9.60. The number of alkyl halides is 6. The van der Waals surface area contributed by atoms with Gasteiger partial charge in [-0.05, 0) is 60.9 Å². The Labute approximate surface area is 230 Å². The van der Waals surface area contributed by atoms with E-state index in [2.05, 4.69) is 36.1 Å². The summed E-state index contributed by atoms with van der Waals surface area (Å²) in [5, 5.41) is 9.07. The molecule has 0 unspecified atom stereocenters. The minimum atomic E-state index is -4.88. The van der Waals surface area contributed by atoms with Crippen LogP contribution < -0.4 is 0 Å². The third-order valence-electron chi connectivity index (χ3n) is 6.30. The monoisotopic (exact) mass is 573 g/mol. The molecule has 3 nitrogen and oxygen atoms in total. The lowest BCUT2D eigenvalue weighted by atomic mass is 9.99. The molecule has 10 heteroatoms. The summed E-state index contributed by atoms with van der Waals surface area (Å²) in [6, 6.07) is 18.8. The molecule has 3 aromatic carbocycles. The van der Waals surface area contributed by atoms with Crippen LogP contribution in [0.25, 0.3) is 0 Å². The van der Waals surface area contributed by atoms with Crippen LogP contribution in [-0.2, 0) is 17.1 Å². The molecule has 1 aliphatic rings. The van der Waals surface area contributed by atoms with Crippen molar-refractivity contribution in [2.75, 3.05) is 19.8 Å². The molecule has 3 aromatic rings. The second-order valence-electron chi connectivity index (χ2n) is 8.98. The number of aliphatic hydroxyl groups excluding tert-OH is 1. The first-order valence-corrected chi connectivity index (χ1v) is 12.9. The van der Waals surface area contributed by atoms with E-state index in [9.17, 15) is 30.7 Å². The normalized spacial score (nSPS) is 17.6. The molecular formula is C30H34F7NO2. The predicted molar refractivity (Wildman–Crippen MR) is 140 cm³/mol. The van der Waals surface area contributed by atoms with Crippen molar-refractivity contribution in [3.63, 3.8) is 0 Å². The van der Waals surface area contributed by atoms with Crippen LogP contribution in [0.1, 0.15) is 73.7 Å². The van der Waals surface area contributed by atoms with Gasteiger partial charge in [0.25, 0.3) is 0 Å². The van der Waals surface area contributed by atoms with Gasteiger partial charge in [-0.2, -0.15) is 26.3 Å². The van der Waals surface area contributed by atoms with Crippen LogP contribution >= 0.6 is 0 Å². The SMILES string of the molecule is CC.C[C@@H](O)c1cc(C(F)(F)F)cc(C(F)(F)F)c1.C[C@H](c1ccccc1)N1CCOC[C@H]1c1ccc(F)cc1. The van der Waals surface area contributed by atoms with Gasteiger partial charge in [0.1, 0.15) is 5.82 Å². The molecule has 220 valence electrons. The molecule has 0 saturated carbocycles. The van der Waals surface area contributed by atoms with Gasteiger partial charge in [-0.3, -0.25) is 4.90 Å². The lowest BCUT2D eigenvalue weighted by Crippen LogP contribution is -2.41. The number of nitrogens with zero attached hydrogens (tertiary/aromatic N) is 1. The Kier molecular flexibility index (Phi) is 12.2. The Balaban J connectivity index is 0.000000270. The average molecular weight is 574 g/mol. The summed E-state index contributed by atoms with van der Waals surface area (Å²) in [6.07, 6.45) is -11.2. The maximum atomic E-state index is 13.1. The Bertz CT molecular complexity index is 1130. The summed E-state index contributed by atoms with van der Waals surface area (Å²) in [5.74, 6) is -0.196. The number of morpholine rings is 1. The summed E-state index contributed by atoms with van der Waals surface area (Å²) in [4.78, 5) is 2.44. The molecule has 0 aliphatic carbocycles. The third-order valence-corrected chi connectivity index (χ3v) is 6.30. The quantitative estimate of drug-likeness (QED) is 0.317. The highest BCUT2D eigenvalue weighted by Gasteiger charge is 2.37. The van der Waals surface area contributed by atoms with Crippen molar-refractivity contribution in [2.45, 2.75) is 58.2 Å². The van der Waals surface area contributed by atoms with Gasteiger partial charge in [0, 0.05) is 12.6 Å². The van der Waals surface area contributed by atoms with Crippen LogP contribution in [0.4, 0.5) is 30.7 Å². The first-order valence-electron chi connectivity index (χ1n) is 12.9. The molecular weight excluding hydrogens is 539 g/mol. The minimum absolute atomic E-state index is 0.0197. The van der Waals surface area contributed by atoms with E-state index in [-0.39, 0.29) is 17.9 Å². The fraction of sp³-hybridized carbons (Fsp3) is 0.400. The van der Waals surface area contributed by atoms with Gasteiger partial charge in [-0.25, -0.2) is 4.39 Å². The fourth-order valence-electron chi connectivity index (χ4n) is 4.20. The van der Waals surface area contributed by atoms with Crippen molar-refractivity contribution in [1.82, 2.24) is 4.90 Å². The van der Waals surface area contributed by atoms with E-state index < -0.39 is 35.1 Å². The summed E-state index contributed by atoms with van der Waals surface area (Å²) in [7, 11) is 0. The Morgan fingerprint density at radius 1 is 0.800 bits per heavy atom. The molecule has 0 aromatic heterocycles. The highest BCUT2D eigenvalue weighted by atomic mass is 19.4. The molecule has 1 N–H and O–H groups in total. The zero-order chi connectivity index (χ0) is 30.1. The van der Waals surface area contributed by atoms with Crippen molar-refractivity contribution in [1.29, 1.82) is 0 Å². The van der Waals surface area contributed by atoms with Gasteiger partial charge in [-0.1, -0.05) is 56.3 Å². The first-order chi connectivity index (χ1) is 18.8. The molecule has 0 spiro atoms. The van der Waals surface area contributed by atoms with Crippen LogP contribution in [0.15, 0.2) is 72.8 Å². The molecule has 4 rings (SSSR count). The molecule has 1 fully saturated rings. The van der Waals surface area contributed by atoms with Gasteiger partial charge >= 0.3 is 12.4 Å². The van der Waals surface area contributed by atoms with Crippen LogP contribution in [0, 0.1) is 5.82 Å². The number of hydrogen-bond acceptors (Lipinski definition) is 3. The molecule has 1 saturated heterocycles. The summed E-state index contributed by atoms with van der Waals surface area (Å²) >= 11 is 0.